The second-order valence-electron chi connectivity index (χ2n) is 4.27. The molecule has 0 spiro atoms. The highest BCUT2D eigenvalue weighted by Crippen LogP contribution is 2.16. The Morgan fingerprint density at radius 3 is 2.58 bits per heavy atom. The molecule has 1 aromatic rings. The third kappa shape index (κ3) is 4.76. The summed E-state index contributed by atoms with van der Waals surface area (Å²) < 4.78 is 5.11. The standard InChI is InChI=1S/C16H21NO2/c1-4-10-14(5-2)17-15(16(18)19-6-3)13-11-8-7-9-12-13/h2,7-9,11-12,14-15,17H,4,6,10H2,1,3H3. The fourth-order valence-corrected chi connectivity index (χ4v) is 1.88. The summed E-state index contributed by atoms with van der Waals surface area (Å²) in [4.78, 5) is 12.0. The maximum Gasteiger partial charge on any atom is 0.327 e. The summed E-state index contributed by atoms with van der Waals surface area (Å²) >= 11 is 0. The number of nitrogens with one attached hydrogen (secondary N) is 1. The van der Waals surface area contributed by atoms with Crippen LogP contribution in [0.1, 0.15) is 38.3 Å². The average molecular weight is 259 g/mol. The first kappa shape index (κ1) is 15.3. The number of carbonyl (C=O) groups excluding carboxylic acids is 1. The van der Waals surface area contributed by atoms with Crippen LogP contribution in [0, 0.1) is 12.3 Å². The first-order valence-electron chi connectivity index (χ1n) is 6.66. The van der Waals surface area contributed by atoms with Crippen molar-refractivity contribution in [3.63, 3.8) is 0 Å². The van der Waals surface area contributed by atoms with Gasteiger partial charge in [-0.1, -0.05) is 49.6 Å². The number of hydrogen-bond donors (Lipinski definition) is 1. The van der Waals surface area contributed by atoms with Gasteiger partial charge in [-0.05, 0) is 18.9 Å². The minimum Gasteiger partial charge on any atom is -0.465 e. The van der Waals surface area contributed by atoms with E-state index in [-0.39, 0.29) is 12.0 Å². The first-order chi connectivity index (χ1) is 9.22. The molecule has 19 heavy (non-hydrogen) atoms. The Labute approximate surface area is 115 Å². The summed E-state index contributed by atoms with van der Waals surface area (Å²) in [6.07, 6.45) is 7.29. The fourth-order valence-electron chi connectivity index (χ4n) is 1.88. The van der Waals surface area contributed by atoms with Crippen molar-refractivity contribution in [1.29, 1.82) is 0 Å². The van der Waals surface area contributed by atoms with Crippen LogP contribution in [0.3, 0.4) is 0 Å². The number of esters is 1. The molecular weight excluding hydrogens is 238 g/mol. The van der Waals surface area contributed by atoms with Gasteiger partial charge in [0.25, 0.3) is 0 Å². The molecule has 0 aromatic heterocycles. The molecule has 0 aliphatic rings. The first-order valence-corrected chi connectivity index (χ1v) is 6.66. The Morgan fingerprint density at radius 1 is 1.37 bits per heavy atom. The van der Waals surface area contributed by atoms with Crippen molar-refractivity contribution in [1.82, 2.24) is 5.32 Å². The molecule has 3 heteroatoms. The maximum absolute atomic E-state index is 12.0. The van der Waals surface area contributed by atoms with E-state index in [1.807, 2.05) is 30.3 Å². The Morgan fingerprint density at radius 2 is 2.05 bits per heavy atom. The molecule has 1 aromatic carbocycles. The largest absolute Gasteiger partial charge is 0.465 e. The van der Waals surface area contributed by atoms with Crippen molar-refractivity contribution in [2.24, 2.45) is 0 Å². The van der Waals surface area contributed by atoms with E-state index in [1.165, 1.54) is 0 Å². The van der Waals surface area contributed by atoms with Gasteiger partial charge in [0.2, 0.25) is 0 Å². The summed E-state index contributed by atoms with van der Waals surface area (Å²) in [7, 11) is 0. The third-order valence-electron chi connectivity index (χ3n) is 2.80. The van der Waals surface area contributed by atoms with E-state index in [0.717, 1.165) is 18.4 Å². The third-order valence-corrected chi connectivity index (χ3v) is 2.80. The maximum atomic E-state index is 12.0. The van der Waals surface area contributed by atoms with Crippen LogP contribution in [0.2, 0.25) is 0 Å². The lowest BCUT2D eigenvalue weighted by Crippen LogP contribution is -2.37. The predicted octanol–water partition coefficient (Wildman–Crippen LogP) is 2.68. The molecule has 0 fully saturated rings. The summed E-state index contributed by atoms with van der Waals surface area (Å²) in [6, 6.07) is 8.87. The van der Waals surface area contributed by atoms with Crippen LogP contribution < -0.4 is 5.32 Å². The van der Waals surface area contributed by atoms with Crippen molar-refractivity contribution in [2.45, 2.75) is 38.8 Å². The highest BCUT2D eigenvalue weighted by atomic mass is 16.5. The molecule has 1 rings (SSSR count). The van der Waals surface area contributed by atoms with Crippen LogP contribution in [-0.4, -0.2) is 18.6 Å². The average Bonchev–Trinajstić information content (AvgIpc) is 2.44. The molecule has 102 valence electrons. The molecule has 0 heterocycles. The number of rotatable bonds is 7. The summed E-state index contributed by atoms with van der Waals surface area (Å²) in [5.41, 5.74) is 0.873. The molecule has 1 N–H and O–H groups in total. The zero-order chi connectivity index (χ0) is 14.1. The van der Waals surface area contributed by atoms with Gasteiger partial charge in [0.05, 0.1) is 12.6 Å². The Kier molecular flexibility index (Phi) is 6.70. The van der Waals surface area contributed by atoms with E-state index in [4.69, 9.17) is 11.2 Å². The molecule has 0 saturated heterocycles. The Hall–Kier alpha value is -1.79. The Balaban J connectivity index is 2.87. The molecule has 0 aliphatic carbocycles. The van der Waals surface area contributed by atoms with E-state index >= 15 is 0 Å². The number of carbonyl (C=O) groups is 1. The second-order valence-corrected chi connectivity index (χ2v) is 4.27. The van der Waals surface area contributed by atoms with Crippen LogP contribution in [0.15, 0.2) is 30.3 Å². The van der Waals surface area contributed by atoms with Gasteiger partial charge in [0, 0.05) is 0 Å². The molecule has 0 bridgehead atoms. The number of terminal acetylenes is 1. The van der Waals surface area contributed by atoms with E-state index in [2.05, 4.69) is 18.2 Å². The predicted molar refractivity (Wildman–Crippen MR) is 76.5 cm³/mol. The molecule has 0 aliphatic heterocycles. The summed E-state index contributed by atoms with van der Waals surface area (Å²) in [6.45, 7) is 4.22. The van der Waals surface area contributed by atoms with Crippen molar-refractivity contribution in [3.05, 3.63) is 35.9 Å². The molecule has 0 saturated carbocycles. The smallest absolute Gasteiger partial charge is 0.327 e. The highest BCUT2D eigenvalue weighted by Gasteiger charge is 2.23. The second kappa shape index (κ2) is 8.34. The van der Waals surface area contributed by atoms with Gasteiger partial charge in [0.15, 0.2) is 0 Å². The number of hydrogen-bond acceptors (Lipinski definition) is 3. The van der Waals surface area contributed by atoms with Gasteiger partial charge in [-0.2, -0.15) is 0 Å². The number of ether oxygens (including phenoxy) is 1. The van der Waals surface area contributed by atoms with Gasteiger partial charge < -0.3 is 4.74 Å². The van der Waals surface area contributed by atoms with E-state index in [1.54, 1.807) is 6.92 Å². The molecule has 0 amide bonds. The van der Waals surface area contributed by atoms with Gasteiger partial charge >= 0.3 is 5.97 Å². The van der Waals surface area contributed by atoms with Gasteiger partial charge in [0.1, 0.15) is 6.04 Å². The zero-order valence-electron chi connectivity index (χ0n) is 11.6. The van der Waals surface area contributed by atoms with E-state index in [9.17, 15) is 4.79 Å². The zero-order valence-corrected chi connectivity index (χ0v) is 11.6. The lowest BCUT2D eigenvalue weighted by molar-refractivity contribution is -0.146. The summed E-state index contributed by atoms with van der Waals surface area (Å²) in [5.74, 6) is 2.39. The minimum atomic E-state index is -0.506. The van der Waals surface area contributed by atoms with E-state index in [0.29, 0.717) is 6.61 Å². The van der Waals surface area contributed by atoms with Gasteiger partial charge in [-0.15, -0.1) is 6.42 Å². The minimum absolute atomic E-state index is 0.125. The van der Waals surface area contributed by atoms with Crippen LogP contribution in [0.25, 0.3) is 0 Å². The van der Waals surface area contributed by atoms with Crippen LogP contribution in [0.4, 0.5) is 0 Å². The molecule has 2 atom stereocenters. The van der Waals surface area contributed by atoms with Crippen molar-refractivity contribution in [2.75, 3.05) is 6.61 Å². The lowest BCUT2D eigenvalue weighted by atomic mass is 10.0. The number of benzene rings is 1. The molecule has 3 nitrogen and oxygen atoms in total. The van der Waals surface area contributed by atoms with Crippen molar-refractivity contribution < 1.29 is 9.53 Å². The quantitative estimate of drug-likeness (QED) is 0.604. The van der Waals surface area contributed by atoms with Crippen LogP contribution in [-0.2, 0) is 9.53 Å². The normalized spacial score (nSPS) is 13.3. The van der Waals surface area contributed by atoms with Crippen molar-refractivity contribution in [3.8, 4) is 12.3 Å². The monoisotopic (exact) mass is 259 g/mol. The molecule has 0 radical (unpaired) electrons. The lowest BCUT2D eigenvalue weighted by Gasteiger charge is -2.21. The molecule has 2 unspecified atom stereocenters. The van der Waals surface area contributed by atoms with E-state index < -0.39 is 6.04 Å². The molecular formula is C16H21NO2. The highest BCUT2D eigenvalue weighted by molar-refractivity contribution is 5.77. The van der Waals surface area contributed by atoms with Gasteiger partial charge in [-0.25, -0.2) is 4.79 Å². The SMILES string of the molecule is C#CC(CCC)NC(C(=O)OCC)c1ccccc1. The van der Waals surface area contributed by atoms with Crippen LogP contribution >= 0.6 is 0 Å². The van der Waals surface area contributed by atoms with Crippen LogP contribution in [0.5, 0.6) is 0 Å². The fraction of sp³-hybridized carbons (Fsp3) is 0.438. The van der Waals surface area contributed by atoms with Crippen molar-refractivity contribution >= 4 is 5.97 Å². The van der Waals surface area contributed by atoms with Gasteiger partial charge in [-0.3, -0.25) is 5.32 Å². The topological polar surface area (TPSA) is 38.3 Å². The Bertz CT molecular complexity index is 422. The summed E-state index contributed by atoms with van der Waals surface area (Å²) in [5, 5.41) is 3.19.